The van der Waals surface area contributed by atoms with Crippen molar-refractivity contribution < 1.29 is 60.2 Å². The number of aryl methyl sites for hydroxylation is 3. The van der Waals surface area contributed by atoms with Crippen molar-refractivity contribution in [3.05, 3.63) is 86.5 Å². The maximum atomic E-state index is 11.4. The molecule has 1 aliphatic heterocycles. The highest BCUT2D eigenvalue weighted by atomic mass is 16.5. The van der Waals surface area contributed by atoms with Crippen LogP contribution in [0.15, 0.2) is 36.4 Å². The van der Waals surface area contributed by atoms with Crippen LogP contribution < -0.4 is 0 Å². The molecule has 3 aromatic rings. The van der Waals surface area contributed by atoms with Gasteiger partial charge in [-0.25, -0.2) is 0 Å². The summed E-state index contributed by atoms with van der Waals surface area (Å²) >= 11 is 0. The highest BCUT2D eigenvalue weighted by molar-refractivity contribution is 5.45. The van der Waals surface area contributed by atoms with E-state index in [1.165, 1.54) is 0 Å². The Morgan fingerprint density at radius 1 is 0.400 bits per heavy atom. The van der Waals surface area contributed by atoms with Gasteiger partial charge in [0.2, 0.25) is 0 Å². The zero-order chi connectivity index (χ0) is 43.6. The molecule has 3 aromatic carbocycles. The van der Waals surface area contributed by atoms with Gasteiger partial charge < -0.3 is 60.2 Å². The third-order valence-electron chi connectivity index (χ3n) is 10.9. The first kappa shape index (κ1) is 49.2. The average molecular weight is 844 g/mol. The van der Waals surface area contributed by atoms with Crippen molar-refractivity contribution in [3.63, 3.8) is 0 Å². The molecule has 0 aliphatic carbocycles. The Labute approximate surface area is 354 Å². The minimum absolute atomic E-state index is 0.0441. The molecule has 60 heavy (non-hydrogen) atoms. The van der Waals surface area contributed by atoms with Gasteiger partial charge in [-0.1, -0.05) is 53.1 Å². The Morgan fingerprint density at radius 2 is 0.617 bits per heavy atom. The lowest BCUT2D eigenvalue weighted by atomic mass is 10.0. The Bertz CT molecular complexity index is 1520. The van der Waals surface area contributed by atoms with Gasteiger partial charge in [0.25, 0.3) is 0 Å². The Kier molecular flexibility index (Phi) is 20.9. The van der Waals surface area contributed by atoms with E-state index >= 15 is 0 Å². The van der Waals surface area contributed by atoms with E-state index in [1.807, 2.05) is 57.2 Å². The first-order chi connectivity index (χ1) is 28.9. The largest absolute Gasteiger partial charge is 0.507 e. The van der Waals surface area contributed by atoms with Crippen LogP contribution >= 0.6 is 0 Å². The molecule has 9 N–H and O–H groups in total. The third kappa shape index (κ3) is 15.2. The van der Waals surface area contributed by atoms with Gasteiger partial charge in [0, 0.05) is 53.0 Å². The fourth-order valence-electron chi connectivity index (χ4n) is 7.69. The molecule has 0 saturated carbocycles. The van der Waals surface area contributed by atoms with Crippen LogP contribution in [0.25, 0.3) is 0 Å². The van der Waals surface area contributed by atoms with Gasteiger partial charge >= 0.3 is 0 Å². The number of hydrogen-bond acceptors (Lipinski definition) is 15. The molecular weight excluding hydrogens is 775 g/mol. The number of aliphatic hydroxyl groups is 6. The van der Waals surface area contributed by atoms with E-state index in [1.54, 1.807) is 0 Å². The van der Waals surface area contributed by atoms with Crippen LogP contribution in [0.2, 0.25) is 0 Å². The van der Waals surface area contributed by atoms with Crippen molar-refractivity contribution in [1.82, 2.24) is 14.7 Å². The molecule has 336 valence electrons. The first-order valence-electron chi connectivity index (χ1n) is 21.0. The Morgan fingerprint density at radius 3 is 0.833 bits per heavy atom. The third-order valence-corrected chi connectivity index (χ3v) is 10.9. The van der Waals surface area contributed by atoms with E-state index in [-0.39, 0.29) is 76.7 Å². The van der Waals surface area contributed by atoms with Gasteiger partial charge in [0.15, 0.2) is 0 Å². The predicted octanol–water partition coefficient (Wildman–Crippen LogP) is 2.33. The molecule has 1 fully saturated rings. The molecule has 1 aliphatic rings. The fraction of sp³-hybridized carbons (Fsp3) is 0.600. The van der Waals surface area contributed by atoms with Crippen LogP contribution in [0.1, 0.15) is 69.3 Å². The standard InChI is InChI=1S/C45H69N3O12/c1-31-13-34(43(55)37(16-31)28-58-40(22-49)23-50)19-46-7-4-9-47(20-35-14-32(2)17-38(44(35)56)29-59-41(24-51)25-52)11-6-12-48(10-5-8-46)21-36-15-33(3)18-39(45(36)57)30-60-42(26-53)27-54/h13-18,40-42,49-57H,4-12,19-30H2,1-3H3. The molecule has 0 bridgehead atoms. The van der Waals surface area contributed by atoms with Gasteiger partial charge in [0.05, 0.1) is 59.5 Å². The zero-order valence-corrected chi connectivity index (χ0v) is 35.6. The lowest BCUT2D eigenvalue weighted by molar-refractivity contribution is -0.0290. The molecule has 0 atom stereocenters. The minimum Gasteiger partial charge on any atom is -0.507 e. The van der Waals surface area contributed by atoms with Gasteiger partial charge in [0.1, 0.15) is 35.6 Å². The summed E-state index contributed by atoms with van der Waals surface area (Å²) in [6.45, 7) is 9.89. The summed E-state index contributed by atoms with van der Waals surface area (Å²) in [6.07, 6.45) is 0.251. The molecular formula is C45H69N3O12. The van der Waals surface area contributed by atoms with Crippen LogP contribution in [0.5, 0.6) is 17.2 Å². The Balaban J connectivity index is 1.59. The number of phenolic OH excluding ortho intramolecular Hbond substituents is 3. The topological polar surface area (TPSA) is 219 Å². The highest BCUT2D eigenvalue weighted by Crippen LogP contribution is 2.30. The predicted molar refractivity (Wildman–Crippen MR) is 226 cm³/mol. The monoisotopic (exact) mass is 843 g/mol. The number of rotatable bonds is 21. The molecule has 0 amide bonds. The second-order valence-electron chi connectivity index (χ2n) is 16.1. The number of hydrogen-bond donors (Lipinski definition) is 9. The van der Waals surface area contributed by atoms with E-state index in [4.69, 9.17) is 14.2 Å². The van der Waals surface area contributed by atoms with Crippen LogP contribution in [0.3, 0.4) is 0 Å². The van der Waals surface area contributed by atoms with E-state index in [9.17, 15) is 46.0 Å². The van der Waals surface area contributed by atoms with E-state index in [2.05, 4.69) is 14.7 Å². The van der Waals surface area contributed by atoms with Gasteiger partial charge in [-0.05, 0) is 79.3 Å². The second kappa shape index (κ2) is 25.5. The molecule has 1 heterocycles. The number of phenols is 3. The molecule has 1 saturated heterocycles. The minimum atomic E-state index is -0.743. The second-order valence-corrected chi connectivity index (χ2v) is 16.1. The summed E-state index contributed by atoms with van der Waals surface area (Å²) in [7, 11) is 0. The number of aliphatic hydroxyl groups excluding tert-OH is 6. The van der Waals surface area contributed by atoms with E-state index in [0.717, 1.165) is 91.9 Å². The normalized spacial score (nSPS) is 15.6. The van der Waals surface area contributed by atoms with Crippen molar-refractivity contribution in [2.24, 2.45) is 0 Å². The molecule has 0 aromatic heterocycles. The fourth-order valence-corrected chi connectivity index (χ4v) is 7.69. The number of nitrogens with zero attached hydrogens (tertiary/aromatic N) is 3. The number of ether oxygens (including phenoxy) is 3. The smallest absolute Gasteiger partial charge is 0.125 e. The quantitative estimate of drug-likeness (QED) is 0.0752. The van der Waals surface area contributed by atoms with Crippen LogP contribution in [0.4, 0.5) is 0 Å². The van der Waals surface area contributed by atoms with E-state index < -0.39 is 18.3 Å². The van der Waals surface area contributed by atoms with E-state index in [0.29, 0.717) is 36.3 Å². The molecule has 0 radical (unpaired) electrons. The van der Waals surface area contributed by atoms with Crippen LogP contribution in [-0.2, 0) is 53.7 Å². The van der Waals surface area contributed by atoms with Crippen molar-refractivity contribution in [2.45, 2.75) is 97.8 Å². The maximum absolute atomic E-state index is 11.4. The molecule has 0 unspecified atom stereocenters. The number of benzene rings is 3. The lowest BCUT2D eigenvalue weighted by Crippen LogP contribution is -2.36. The maximum Gasteiger partial charge on any atom is 0.125 e. The average Bonchev–Trinajstić information content (AvgIpc) is 3.22. The van der Waals surface area contributed by atoms with Crippen molar-refractivity contribution in [2.75, 3.05) is 78.9 Å². The van der Waals surface area contributed by atoms with Crippen molar-refractivity contribution in [1.29, 1.82) is 0 Å². The Hall–Kier alpha value is -3.42. The first-order valence-corrected chi connectivity index (χ1v) is 21.0. The SMILES string of the molecule is Cc1cc(COC(CO)CO)c(O)c(CN2CCCN(Cc3cc(C)cc(COC(CO)CO)c3O)CCCN(Cc3cc(C)cc(COC(CO)CO)c3O)CCC2)c1. The molecule has 15 heteroatoms. The summed E-state index contributed by atoms with van der Waals surface area (Å²) in [5.41, 5.74) is 6.88. The van der Waals surface area contributed by atoms with Crippen molar-refractivity contribution >= 4 is 0 Å². The summed E-state index contributed by atoms with van der Waals surface area (Å²) in [6, 6.07) is 11.5. The zero-order valence-electron chi connectivity index (χ0n) is 35.6. The van der Waals surface area contributed by atoms with Crippen LogP contribution in [0, 0.1) is 20.8 Å². The summed E-state index contributed by atoms with van der Waals surface area (Å²) in [4.78, 5) is 6.99. The summed E-state index contributed by atoms with van der Waals surface area (Å²) in [5.74, 6) is 0.382. The summed E-state index contributed by atoms with van der Waals surface area (Å²) in [5, 5.41) is 91.2. The lowest BCUT2D eigenvalue weighted by Gasteiger charge is -2.31. The van der Waals surface area contributed by atoms with Gasteiger partial charge in [-0.2, -0.15) is 0 Å². The van der Waals surface area contributed by atoms with Crippen molar-refractivity contribution in [3.8, 4) is 17.2 Å². The van der Waals surface area contributed by atoms with Crippen LogP contribution in [-0.4, -0.2) is 158 Å². The highest BCUT2D eigenvalue weighted by Gasteiger charge is 2.21. The molecule has 4 rings (SSSR count). The van der Waals surface area contributed by atoms with Gasteiger partial charge in [-0.3, -0.25) is 14.7 Å². The number of aromatic hydroxyl groups is 3. The molecule has 15 nitrogen and oxygen atoms in total. The summed E-state index contributed by atoms with van der Waals surface area (Å²) < 4.78 is 17.0. The van der Waals surface area contributed by atoms with Gasteiger partial charge in [-0.15, -0.1) is 0 Å². The molecule has 0 spiro atoms.